The Kier molecular flexibility index (Phi) is 7.69. The number of amides is 2. The first-order valence-corrected chi connectivity index (χ1v) is 5.80. The standard InChI is InChI=1S/C11H21N3O4/c1-8(2)14(7-11(17)18)6-10(16)13-5-4-12-9(3)15/h8H,4-7H2,1-3H3,(H,12,15)(H,13,16)(H,17,18). The first-order valence-electron chi connectivity index (χ1n) is 5.80. The topological polar surface area (TPSA) is 98.7 Å². The molecule has 7 heteroatoms. The van der Waals surface area contributed by atoms with E-state index in [0.29, 0.717) is 13.1 Å². The van der Waals surface area contributed by atoms with Crippen molar-refractivity contribution in [2.45, 2.75) is 26.8 Å². The second kappa shape index (κ2) is 8.46. The highest BCUT2D eigenvalue weighted by atomic mass is 16.4. The average molecular weight is 259 g/mol. The zero-order chi connectivity index (χ0) is 14.1. The summed E-state index contributed by atoms with van der Waals surface area (Å²) in [5, 5.41) is 13.9. The van der Waals surface area contributed by atoms with Crippen LogP contribution in [0.5, 0.6) is 0 Å². The molecular formula is C11H21N3O4. The fraction of sp³-hybridized carbons (Fsp3) is 0.727. The molecule has 0 radical (unpaired) electrons. The number of aliphatic carboxylic acids is 1. The number of carboxylic acids is 1. The minimum absolute atomic E-state index is 0.0257. The van der Waals surface area contributed by atoms with E-state index >= 15 is 0 Å². The van der Waals surface area contributed by atoms with Crippen LogP contribution in [0.2, 0.25) is 0 Å². The van der Waals surface area contributed by atoms with Gasteiger partial charge in [-0.15, -0.1) is 0 Å². The Balaban J connectivity index is 3.95. The Morgan fingerprint density at radius 1 is 1.11 bits per heavy atom. The van der Waals surface area contributed by atoms with Crippen LogP contribution < -0.4 is 10.6 Å². The molecule has 0 aromatic carbocycles. The number of hydrogen-bond donors (Lipinski definition) is 3. The van der Waals surface area contributed by atoms with E-state index in [2.05, 4.69) is 10.6 Å². The van der Waals surface area contributed by atoms with Crippen molar-refractivity contribution in [2.24, 2.45) is 0 Å². The van der Waals surface area contributed by atoms with E-state index in [0.717, 1.165) is 0 Å². The summed E-state index contributed by atoms with van der Waals surface area (Å²) < 4.78 is 0. The van der Waals surface area contributed by atoms with Crippen LogP contribution >= 0.6 is 0 Å². The van der Waals surface area contributed by atoms with E-state index in [-0.39, 0.29) is 30.9 Å². The average Bonchev–Trinajstić information content (AvgIpc) is 2.22. The van der Waals surface area contributed by atoms with E-state index in [1.54, 1.807) is 4.90 Å². The lowest BCUT2D eigenvalue weighted by Gasteiger charge is -2.23. The van der Waals surface area contributed by atoms with Gasteiger partial charge in [-0.25, -0.2) is 0 Å². The van der Waals surface area contributed by atoms with Crippen LogP contribution in [0.3, 0.4) is 0 Å². The highest BCUT2D eigenvalue weighted by Crippen LogP contribution is 1.96. The van der Waals surface area contributed by atoms with E-state index in [4.69, 9.17) is 5.11 Å². The van der Waals surface area contributed by atoms with Crippen molar-refractivity contribution in [3.63, 3.8) is 0 Å². The lowest BCUT2D eigenvalue weighted by atomic mass is 10.3. The Hall–Kier alpha value is -1.63. The monoisotopic (exact) mass is 259 g/mol. The summed E-state index contributed by atoms with van der Waals surface area (Å²) >= 11 is 0. The zero-order valence-corrected chi connectivity index (χ0v) is 11.0. The maximum absolute atomic E-state index is 11.5. The van der Waals surface area contributed by atoms with Gasteiger partial charge < -0.3 is 15.7 Å². The van der Waals surface area contributed by atoms with Crippen molar-refractivity contribution in [3.8, 4) is 0 Å². The Bertz CT molecular complexity index is 305. The van der Waals surface area contributed by atoms with Crippen LogP contribution in [0.4, 0.5) is 0 Å². The molecule has 104 valence electrons. The summed E-state index contributed by atoms with van der Waals surface area (Å²) in [6.45, 7) is 5.61. The molecule has 0 aromatic rings. The summed E-state index contributed by atoms with van der Waals surface area (Å²) in [6, 6.07) is -0.0257. The van der Waals surface area contributed by atoms with E-state index < -0.39 is 5.97 Å². The van der Waals surface area contributed by atoms with Crippen LogP contribution in [-0.4, -0.2) is 60.0 Å². The van der Waals surface area contributed by atoms with Gasteiger partial charge in [0.25, 0.3) is 0 Å². The first kappa shape index (κ1) is 16.4. The molecule has 18 heavy (non-hydrogen) atoms. The number of carboxylic acid groups (broad SMARTS) is 1. The molecule has 3 N–H and O–H groups in total. The molecule has 0 saturated carbocycles. The smallest absolute Gasteiger partial charge is 0.317 e. The van der Waals surface area contributed by atoms with E-state index in [1.807, 2.05) is 13.8 Å². The lowest BCUT2D eigenvalue weighted by molar-refractivity contribution is -0.139. The molecule has 7 nitrogen and oxygen atoms in total. The number of rotatable bonds is 8. The molecule has 0 aromatic heterocycles. The Morgan fingerprint density at radius 2 is 1.67 bits per heavy atom. The van der Waals surface area contributed by atoms with E-state index in [1.165, 1.54) is 6.92 Å². The zero-order valence-electron chi connectivity index (χ0n) is 11.0. The van der Waals surface area contributed by atoms with Gasteiger partial charge in [-0.2, -0.15) is 0 Å². The molecule has 2 amide bonds. The summed E-state index contributed by atoms with van der Waals surface area (Å²) in [5.74, 6) is -1.37. The number of carbonyl (C=O) groups is 3. The fourth-order valence-electron chi connectivity index (χ4n) is 1.28. The van der Waals surface area contributed by atoms with Crippen molar-refractivity contribution in [2.75, 3.05) is 26.2 Å². The quantitative estimate of drug-likeness (QED) is 0.487. The van der Waals surface area contributed by atoms with Crippen LogP contribution in [0.1, 0.15) is 20.8 Å². The van der Waals surface area contributed by atoms with Gasteiger partial charge in [0.1, 0.15) is 0 Å². The predicted molar refractivity (Wildman–Crippen MR) is 66.0 cm³/mol. The first-order chi connectivity index (χ1) is 8.32. The maximum Gasteiger partial charge on any atom is 0.317 e. The minimum Gasteiger partial charge on any atom is -0.480 e. The van der Waals surface area contributed by atoms with Crippen molar-refractivity contribution in [1.82, 2.24) is 15.5 Å². The van der Waals surface area contributed by atoms with Crippen molar-refractivity contribution < 1.29 is 19.5 Å². The molecule has 0 aliphatic rings. The highest BCUT2D eigenvalue weighted by molar-refractivity contribution is 5.79. The fourth-order valence-corrected chi connectivity index (χ4v) is 1.28. The summed E-state index contributed by atoms with van der Waals surface area (Å²) in [6.07, 6.45) is 0. The highest BCUT2D eigenvalue weighted by Gasteiger charge is 2.16. The third kappa shape index (κ3) is 8.51. The van der Waals surface area contributed by atoms with Crippen molar-refractivity contribution >= 4 is 17.8 Å². The van der Waals surface area contributed by atoms with Gasteiger partial charge in [0.15, 0.2) is 0 Å². The van der Waals surface area contributed by atoms with Gasteiger partial charge >= 0.3 is 5.97 Å². The van der Waals surface area contributed by atoms with Gasteiger partial charge in [0, 0.05) is 26.1 Å². The molecule has 0 unspecified atom stereocenters. The number of carbonyl (C=O) groups excluding carboxylic acids is 2. The molecule has 0 spiro atoms. The van der Waals surface area contributed by atoms with Crippen LogP contribution in [-0.2, 0) is 14.4 Å². The van der Waals surface area contributed by atoms with Crippen LogP contribution in [0.15, 0.2) is 0 Å². The SMILES string of the molecule is CC(=O)NCCNC(=O)CN(CC(=O)O)C(C)C. The normalized spacial score (nSPS) is 10.5. The van der Waals surface area contributed by atoms with E-state index in [9.17, 15) is 14.4 Å². The molecular weight excluding hydrogens is 238 g/mol. The van der Waals surface area contributed by atoms with Gasteiger partial charge in [0.05, 0.1) is 13.1 Å². The largest absolute Gasteiger partial charge is 0.480 e. The second-order valence-electron chi connectivity index (χ2n) is 4.23. The summed E-state index contributed by atoms with van der Waals surface area (Å²) in [7, 11) is 0. The summed E-state index contributed by atoms with van der Waals surface area (Å²) in [5.41, 5.74) is 0. The third-order valence-electron chi connectivity index (χ3n) is 2.24. The van der Waals surface area contributed by atoms with Gasteiger partial charge in [-0.05, 0) is 13.8 Å². The predicted octanol–water partition coefficient (Wildman–Crippen LogP) is -0.966. The lowest BCUT2D eigenvalue weighted by Crippen LogP contribution is -2.44. The molecule has 0 atom stereocenters. The maximum atomic E-state index is 11.5. The molecule has 0 aliphatic carbocycles. The number of hydrogen-bond acceptors (Lipinski definition) is 4. The molecule has 0 fully saturated rings. The second-order valence-corrected chi connectivity index (χ2v) is 4.23. The van der Waals surface area contributed by atoms with Gasteiger partial charge in [-0.1, -0.05) is 0 Å². The van der Waals surface area contributed by atoms with Gasteiger partial charge in [0.2, 0.25) is 11.8 Å². The van der Waals surface area contributed by atoms with Crippen LogP contribution in [0.25, 0.3) is 0 Å². The van der Waals surface area contributed by atoms with Crippen LogP contribution in [0, 0.1) is 0 Å². The van der Waals surface area contributed by atoms with Crippen molar-refractivity contribution in [3.05, 3.63) is 0 Å². The number of nitrogens with zero attached hydrogens (tertiary/aromatic N) is 1. The summed E-state index contributed by atoms with van der Waals surface area (Å²) in [4.78, 5) is 34.3. The molecule has 0 aliphatic heterocycles. The third-order valence-corrected chi connectivity index (χ3v) is 2.24. The molecule has 0 saturated heterocycles. The molecule has 0 heterocycles. The molecule has 0 rings (SSSR count). The van der Waals surface area contributed by atoms with Gasteiger partial charge in [-0.3, -0.25) is 19.3 Å². The Morgan fingerprint density at radius 3 is 2.11 bits per heavy atom. The minimum atomic E-state index is -0.963. The Labute approximate surface area is 107 Å². The number of nitrogens with one attached hydrogen (secondary N) is 2. The molecule has 0 bridgehead atoms. The van der Waals surface area contributed by atoms with Crippen molar-refractivity contribution in [1.29, 1.82) is 0 Å².